The third-order valence-electron chi connectivity index (χ3n) is 3.85. The molecule has 0 bridgehead atoms. The second-order valence-electron chi connectivity index (χ2n) is 5.40. The van der Waals surface area contributed by atoms with Crippen LogP contribution in [0.1, 0.15) is 33.2 Å². The minimum absolute atomic E-state index is 0.108. The lowest BCUT2D eigenvalue weighted by Gasteiger charge is -2.06. The third kappa shape index (κ3) is 3.59. The van der Waals surface area contributed by atoms with Gasteiger partial charge in [0.1, 0.15) is 10.6 Å². The van der Waals surface area contributed by atoms with Crippen molar-refractivity contribution in [1.82, 2.24) is 4.98 Å². The van der Waals surface area contributed by atoms with E-state index in [1.807, 2.05) is 24.3 Å². The van der Waals surface area contributed by atoms with Crippen LogP contribution in [0.15, 0.2) is 54.2 Å². The molecule has 3 aromatic rings. The van der Waals surface area contributed by atoms with Crippen LogP contribution in [-0.2, 0) is 6.42 Å². The highest BCUT2D eigenvalue weighted by molar-refractivity contribution is 7.15. The molecule has 25 heavy (non-hydrogen) atoms. The molecule has 0 aliphatic heterocycles. The van der Waals surface area contributed by atoms with Gasteiger partial charge in [-0.05, 0) is 29.7 Å². The molecule has 0 saturated carbocycles. The van der Waals surface area contributed by atoms with E-state index in [0.29, 0.717) is 16.1 Å². The van der Waals surface area contributed by atoms with Crippen LogP contribution in [0.5, 0.6) is 0 Å². The van der Waals surface area contributed by atoms with Crippen LogP contribution in [-0.4, -0.2) is 22.0 Å². The molecule has 1 amide bonds. The molecule has 2 heterocycles. The number of carbonyl (C=O) groups is 2. The molecule has 0 atom stereocenters. The molecule has 2 N–H and O–H groups in total. The zero-order chi connectivity index (χ0) is 17.8. The maximum absolute atomic E-state index is 12.3. The second-order valence-corrected chi connectivity index (χ2v) is 6.28. The number of rotatable bonds is 5. The van der Waals surface area contributed by atoms with Crippen molar-refractivity contribution in [3.8, 4) is 11.1 Å². The summed E-state index contributed by atoms with van der Waals surface area (Å²) in [4.78, 5) is 27.9. The van der Waals surface area contributed by atoms with Gasteiger partial charge >= 0.3 is 5.97 Å². The van der Waals surface area contributed by atoms with Gasteiger partial charge in [-0.2, -0.15) is 0 Å². The number of carbonyl (C=O) groups excluding carboxylic acids is 1. The van der Waals surface area contributed by atoms with E-state index < -0.39 is 5.97 Å². The van der Waals surface area contributed by atoms with Crippen LogP contribution in [0.25, 0.3) is 11.1 Å². The van der Waals surface area contributed by atoms with E-state index in [0.717, 1.165) is 12.0 Å². The van der Waals surface area contributed by atoms with Crippen LogP contribution in [0.2, 0.25) is 0 Å². The molecule has 126 valence electrons. The van der Waals surface area contributed by atoms with Crippen molar-refractivity contribution in [3.05, 3.63) is 70.9 Å². The molecule has 1 aromatic carbocycles. The highest BCUT2D eigenvalue weighted by Crippen LogP contribution is 2.36. The molecule has 2 aromatic heterocycles. The van der Waals surface area contributed by atoms with E-state index >= 15 is 0 Å². The fraction of sp³-hybridized carbons (Fsp3) is 0.105. The van der Waals surface area contributed by atoms with Gasteiger partial charge in [-0.1, -0.05) is 31.2 Å². The Kier molecular flexibility index (Phi) is 4.90. The summed E-state index contributed by atoms with van der Waals surface area (Å²) in [5, 5.41) is 14.4. The van der Waals surface area contributed by atoms with Gasteiger partial charge in [-0.3, -0.25) is 9.78 Å². The normalized spacial score (nSPS) is 10.4. The lowest BCUT2D eigenvalue weighted by atomic mass is 10.0. The Morgan fingerprint density at radius 3 is 2.40 bits per heavy atom. The fourth-order valence-electron chi connectivity index (χ4n) is 2.47. The van der Waals surface area contributed by atoms with E-state index in [9.17, 15) is 14.7 Å². The first kappa shape index (κ1) is 16.9. The standard InChI is InChI=1S/C19H16N2O3S/c1-2-12-3-5-13(6-4-12)15-11-25-18(16(15)19(23)24)21-17(22)14-7-9-20-10-8-14/h3-11H,2H2,1H3,(H,21,22)(H,23,24). The molecule has 5 nitrogen and oxygen atoms in total. The average Bonchev–Trinajstić information content (AvgIpc) is 3.06. The molecule has 3 rings (SSSR count). The molecule has 0 fully saturated rings. The number of thiophene rings is 1. The number of amides is 1. The topological polar surface area (TPSA) is 79.3 Å². The Balaban J connectivity index is 1.94. The molecule has 0 aliphatic rings. The number of hydrogen-bond acceptors (Lipinski definition) is 4. The monoisotopic (exact) mass is 352 g/mol. The largest absolute Gasteiger partial charge is 0.478 e. The van der Waals surface area contributed by atoms with Crippen molar-refractivity contribution in [2.24, 2.45) is 0 Å². The van der Waals surface area contributed by atoms with Gasteiger partial charge in [-0.15, -0.1) is 11.3 Å². The molecule has 6 heteroatoms. The maximum Gasteiger partial charge on any atom is 0.339 e. The number of aromatic carboxylic acids is 1. The summed E-state index contributed by atoms with van der Waals surface area (Å²) in [5.41, 5.74) is 3.13. The predicted molar refractivity (Wildman–Crippen MR) is 98.3 cm³/mol. The van der Waals surface area contributed by atoms with Crippen LogP contribution < -0.4 is 5.32 Å². The molecule has 0 aliphatic carbocycles. The van der Waals surface area contributed by atoms with E-state index in [1.54, 1.807) is 17.5 Å². The van der Waals surface area contributed by atoms with Crippen LogP contribution in [0.4, 0.5) is 5.00 Å². The van der Waals surface area contributed by atoms with Crippen molar-refractivity contribution in [3.63, 3.8) is 0 Å². The van der Waals surface area contributed by atoms with Crippen LogP contribution >= 0.6 is 11.3 Å². The van der Waals surface area contributed by atoms with Crippen LogP contribution in [0, 0.1) is 0 Å². The number of nitrogens with one attached hydrogen (secondary N) is 1. The van der Waals surface area contributed by atoms with Crippen molar-refractivity contribution in [2.75, 3.05) is 5.32 Å². The average molecular weight is 352 g/mol. The number of benzene rings is 1. The third-order valence-corrected chi connectivity index (χ3v) is 4.74. The first-order valence-corrected chi connectivity index (χ1v) is 8.63. The smallest absolute Gasteiger partial charge is 0.339 e. The number of aromatic nitrogens is 1. The van der Waals surface area contributed by atoms with Gasteiger partial charge in [0, 0.05) is 28.9 Å². The highest BCUT2D eigenvalue weighted by Gasteiger charge is 2.21. The Labute approximate surface area is 149 Å². The summed E-state index contributed by atoms with van der Waals surface area (Å²) in [6.07, 6.45) is 3.95. The number of nitrogens with zero attached hydrogens (tertiary/aromatic N) is 1. The zero-order valence-corrected chi connectivity index (χ0v) is 14.3. The number of aryl methyl sites for hydroxylation is 1. The number of anilines is 1. The molecular weight excluding hydrogens is 336 g/mol. The molecule has 0 unspecified atom stereocenters. The van der Waals surface area contributed by atoms with E-state index in [1.165, 1.54) is 29.3 Å². The number of carboxylic acids is 1. The Morgan fingerprint density at radius 2 is 1.80 bits per heavy atom. The van der Waals surface area contributed by atoms with Gasteiger partial charge in [-0.25, -0.2) is 4.79 Å². The van der Waals surface area contributed by atoms with E-state index in [4.69, 9.17) is 0 Å². The quantitative estimate of drug-likeness (QED) is 0.716. The summed E-state index contributed by atoms with van der Waals surface area (Å²) < 4.78 is 0. The van der Waals surface area contributed by atoms with Crippen molar-refractivity contribution < 1.29 is 14.7 Å². The number of hydrogen-bond donors (Lipinski definition) is 2. The Morgan fingerprint density at radius 1 is 1.12 bits per heavy atom. The van der Waals surface area contributed by atoms with E-state index in [2.05, 4.69) is 17.2 Å². The van der Waals surface area contributed by atoms with Crippen LogP contribution in [0.3, 0.4) is 0 Å². The number of carboxylic acid groups (broad SMARTS) is 1. The van der Waals surface area contributed by atoms with Gasteiger partial charge < -0.3 is 10.4 Å². The summed E-state index contributed by atoms with van der Waals surface area (Å²) in [6.45, 7) is 2.06. The first-order valence-electron chi connectivity index (χ1n) is 7.75. The van der Waals surface area contributed by atoms with Gasteiger partial charge in [0.05, 0.1) is 0 Å². The van der Waals surface area contributed by atoms with Gasteiger partial charge in [0.25, 0.3) is 5.91 Å². The zero-order valence-electron chi connectivity index (χ0n) is 13.5. The Hall–Kier alpha value is -2.99. The minimum atomic E-state index is -1.07. The summed E-state index contributed by atoms with van der Waals surface area (Å²) >= 11 is 1.20. The summed E-state index contributed by atoms with van der Waals surface area (Å²) in [5.74, 6) is -1.43. The highest BCUT2D eigenvalue weighted by atomic mass is 32.1. The predicted octanol–water partition coefficient (Wildman–Crippen LogP) is 4.32. The lowest BCUT2D eigenvalue weighted by Crippen LogP contribution is -2.13. The summed E-state index contributed by atoms with van der Waals surface area (Å²) in [7, 11) is 0. The fourth-order valence-corrected chi connectivity index (χ4v) is 3.43. The summed E-state index contributed by atoms with van der Waals surface area (Å²) in [6, 6.07) is 10.9. The molecular formula is C19H16N2O3S. The molecule has 0 spiro atoms. The lowest BCUT2D eigenvalue weighted by molar-refractivity contribution is 0.0699. The Bertz CT molecular complexity index is 902. The molecule has 0 saturated heterocycles. The first-order chi connectivity index (χ1) is 12.1. The minimum Gasteiger partial charge on any atom is -0.478 e. The van der Waals surface area contributed by atoms with Gasteiger partial charge in [0.2, 0.25) is 0 Å². The van der Waals surface area contributed by atoms with Gasteiger partial charge in [0.15, 0.2) is 0 Å². The maximum atomic E-state index is 12.3. The van der Waals surface area contributed by atoms with Crippen molar-refractivity contribution >= 4 is 28.2 Å². The SMILES string of the molecule is CCc1ccc(-c2csc(NC(=O)c3ccncc3)c2C(=O)O)cc1. The van der Waals surface area contributed by atoms with Crippen molar-refractivity contribution in [2.45, 2.75) is 13.3 Å². The van der Waals surface area contributed by atoms with E-state index in [-0.39, 0.29) is 11.5 Å². The second kappa shape index (κ2) is 7.27. The number of pyridine rings is 1. The molecule has 0 radical (unpaired) electrons. The van der Waals surface area contributed by atoms with Crippen molar-refractivity contribution in [1.29, 1.82) is 0 Å².